The Morgan fingerprint density at radius 2 is 1.76 bits per heavy atom. The van der Waals surface area contributed by atoms with Gasteiger partial charge in [-0.05, 0) is 67.1 Å². The van der Waals surface area contributed by atoms with E-state index in [-0.39, 0.29) is 42.8 Å². The SMILES string of the molecule is COC(=O)CCN(C(=O)Oc1ccc2[nH]c(CNc3ccc(C(=N)N)cc3)c(C)c2c1)c1ccccc1.I. The summed E-state index contributed by atoms with van der Waals surface area (Å²) in [5.41, 5.74) is 10.7. The number of fused-ring (bicyclic) bond motifs is 1. The number of carbonyl (C=O) groups excluding carboxylic acids is 2. The number of nitrogens with two attached hydrogens (primary N) is 1. The lowest BCUT2D eigenvalue weighted by Gasteiger charge is -2.21. The fourth-order valence-electron chi connectivity index (χ4n) is 3.95. The Kier molecular flexibility index (Phi) is 9.72. The van der Waals surface area contributed by atoms with Crippen LogP contribution in [0, 0.1) is 12.3 Å². The minimum Gasteiger partial charge on any atom is -0.469 e. The Morgan fingerprint density at radius 1 is 1.05 bits per heavy atom. The summed E-state index contributed by atoms with van der Waals surface area (Å²) in [7, 11) is 1.32. The fourth-order valence-corrected chi connectivity index (χ4v) is 3.95. The number of aryl methyl sites for hydroxylation is 1. The number of nitrogen functional groups attached to an aromatic ring is 1. The van der Waals surface area contributed by atoms with Gasteiger partial charge in [0.05, 0.1) is 20.1 Å². The molecule has 3 aromatic carbocycles. The Labute approximate surface area is 237 Å². The molecular formula is C28H30IN5O4. The lowest BCUT2D eigenvalue weighted by atomic mass is 10.1. The molecule has 198 valence electrons. The van der Waals surface area contributed by atoms with Crippen LogP contribution in [-0.4, -0.2) is 36.5 Å². The number of methoxy groups -OCH3 is 1. The Hall–Kier alpha value is -4.06. The second-order valence-corrected chi connectivity index (χ2v) is 8.46. The van der Waals surface area contributed by atoms with Gasteiger partial charge >= 0.3 is 12.1 Å². The molecule has 0 aliphatic rings. The quantitative estimate of drug-likeness (QED) is 0.0832. The number of hydrogen-bond acceptors (Lipinski definition) is 6. The van der Waals surface area contributed by atoms with E-state index in [1.165, 1.54) is 12.0 Å². The van der Waals surface area contributed by atoms with Crippen LogP contribution >= 0.6 is 24.0 Å². The molecule has 0 radical (unpaired) electrons. The lowest BCUT2D eigenvalue weighted by Crippen LogP contribution is -2.35. The first kappa shape index (κ1) is 28.5. The predicted molar refractivity (Wildman–Crippen MR) is 160 cm³/mol. The number of aromatic nitrogens is 1. The number of para-hydroxylation sites is 1. The zero-order valence-corrected chi connectivity index (χ0v) is 23.4. The number of hydrogen-bond donors (Lipinski definition) is 4. The summed E-state index contributed by atoms with van der Waals surface area (Å²) in [6, 6.07) is 21.8. The van der Waals surface area contributed by atoms with Gasteiger partial charge < -0.3 is 25.5 Å². The van der Waals surface area contributed by atoms with E-state index < -0.39 is 12.1 Å². The smallest absolute Gasteiger partial charge is 0.419 e. The van der Waals surface area contributed by atoms with Crippen molar-refractivity contribution in [1.82, 2.24) is 4.98 Å². The molecule has 1 aromatic heterocycles. The highest BCUT2D eigenvalue weighted by molar-refractivity contribution is 14.0. The molecule has 5 N–H and O–H groups in total. The van der Waals surface area contributed by atoms with Crippen LogP contribution in [0.3, 0.4) is 0 Å². The zero-order valence-electron chi connectivity index (χ0n) is 21.1. The van der Waals surface area contributed by atoms with Crippen LogP contribution < -0.4 is 20.7 Å². The van der Waals surface area contributed by atoms with Crippen LogP contribution in [0.5, 0.6) is 5.75 Å². The minimum absolute atomic E-state index is 0. The van der Waals surface area contributed by atoms with E-state index in [1.807, 2.05) is 49.4 Å². The van der Waals surface area contributed by atoms with Gasteiger partial charge in [-0.25, -0.2) is 4.79 Å². The average molecular weight is 627 g/mol. The first-order valence-corrected chi connectivity index (χ1v) is 11.8. The van der Waals surface area contributed by atoms with E-state index in [9.17, 15) is 9.59 Å². The summed E-state index contributed by atoms with van der Waals surface area (Å²) in [5.74, 6) is 0.0248. The molecule has 0 bridgehead atoms. The predicted octanol–water partition coefficient (Wildman–Crippen LogP) is 5.56. The van der Waals surface area contributed by atoms with Crippen molar-refractivity contribution >= 4 is 64.2 Å². The van der Waals surface area contributed by atoms with Crippen molar-refractivity contribution in [3.05, 3.63) is 89.6 Å². The number of benzene rings is 3. The molecule has 0 atom stereocenters. The van der Waals surface area contributed by atoms with Crippen molar-refractivity contribution in [2.45, 2.75) is 19.9 Å². The van der Waals surface area contributed by atoms with E-state index >= 15 is 0 Å². The summed E-state index contributed by atoms with van der Waals surface area (Å²) in [4.78, 5) is 29.6. The highest BCUT2D eigenvalue weighted by atomic mass is 127. The number of anilines is 2. The molecule has 1 heterocycles. The Balaban J connectivity index is 0.00000400. The topological polar surface area (TPSA) is 134 Å². The molecule has 0 saturated carbocycles. The molecule has 4 aromatic rings. The van der Waals surface area contributed by atoms with Gasteiger partial charge in [0.25, 0.3) is 0 Å². The Morgan fingerprint density at radius 3 is 2.42 bits per heavy atom. The number of carbonyl (C=O) groups is 2. The number of nitrogens with zero attached hydrogens (tertiary/aromatic N) is 1. The number of amides is 1. The van der Waals surface area contributed by atoms with E-state index in [4.69, 9.17) is 20.6 Å². The summed E-state index contributed by atoms with van der Waals surface area (Å²) in [6.07, 6.45) is -0.539. The molecule has 0 aliphatic carbocycles. The summed E-state index contributed by atoms with van der Waals surface area (Å²) >= 11 is 0. The number of rotatable bonds is 9. The molecule has 9 nitrogen and oxygen atoms in total. The highest BCUT2D eigenvalue weighted by Gasteiger charge is 2.20. The van der Waals surface area contributed by atoms with Crippen LogP contribution in [0.15, 0.2) is 72.8 Å². The van der Waals surface area contributed by atoms with Crippen molar-refractivity contribution in [1.29, 1.82) is 5.41 Å². The van der Waals surface area contributed by atoms with Crippen LogP contribution in [0.25, 0.3) is 10.9 Å². The maximum atomic E-state index is 13.1. The molecule has 0 aliphatic heterocycles. The van der Waals surface area contributed by atoms with E-state index in [2.05, 4.69) is 10.3 Å². The molecule has 4 rings (SSSR count). The monoisotopic (exact) mass is 627 g/mol. The maximum absolute atomic E-state index is 13.1. The summed E-state index contributed by atoms with van der Waals surface area (Å²) in [6.45, 7) is 2.70. The van der Waals surface area contributed by atoms with Gasteiger partial charge in [-0.2, -0.15) is 0 Å². The molecular weight excluding hydrogens is 597 g/mol. The first-order valence-electron chi connectivity index (χ1n) is 11.8. The van der Waals surface area contributed by atoms with Gasteiger partial charge in [0.2, 0.25) is 0 Å². The second kappa shape index (κ2) is 13.0. The van der Waals surface area contributed by atoms with Crippen LogP contribution in [-0.2, 0) is 16.1 Å². The van der Waals surface area contributed by atoms with Gasteiger partial charge in [-0.15, -0.1) is 24.0 Å². The fraction of sp³-hybridized carbons (Fsp3) is 0.179. The third-order valence-electron chi connectivity index (χ3n) is 6.06. The van der Waals surface area contributed by atoms with E-state index in [1.54, 1.807) is 30.3 Å². The average Bonchev–Trinajstić information content (AvgIpc) is 3.23. The van der Waals surface area contributed by atoms with Crippen molar-refractivity contribution in [3.8, 4) is 5.75 Å². The van der Waals surface area contributed by atoms with Crippen molar-refractivity contribution in [2.75, 3.05) is 23.9 Å². The van der Waals surface area contributed by atoms with Crippen LogP contribution in [0.2, 0.25) is 0 Å². The zero-order chi connectivity index (χ0) is 26.4. The minimum atomic E-state index is -0.585. The van der Waals surface area contributed by atoms with Gasteiger partial charge in [0.15, 0.2) is 0 Å². The van der Waals surface area contributed by atoms with Crippen molar-refractivity contribution < 1.29 is 19.1 Å². The van der Waals surface area contributed by atoms with Gasteiger partial charge in [-0.1, -0.05) is 18.2 Å². The molecule has 38 heavy (non-hydrogen) atoms. The first-order chi connectivity index (χ1) is 17.9. The number of halogens is 1. The molecule has 0 saturated heterocycles. The molecule has 0 fully saturated rings. The lowest BCUT2D eigenvalue weighted by molar-refractivity contribution is -0.140. The highest BCUT2D eigenvalue weighted by Crippen LogP contribution is 2.27. The van der Waals surface area contributed by atoms with Gasteiger partial charge in [-0.3, -0.25) is 15.1 Å². The second-order valence-electron chi connectivity index (χ2n) is 8.46. The largest absolute Gasteiger partial charge is 0.469 e. The number of amidine groups is 1. The van der Waals surface area contributed by atoms with Crippen LogP contribution in [0.4, 0.5) is 16.2 Å². The number of H-pyrrole nitrogens is 1. The molecule has 1 amide bonds. The van der Waals surface area contributed by atoms with Gasteiger partial charge in [0.1, 0.15) is 11.6 Å². The van der Waals surface area contributed by atoms with E-state index in [0.29, 0.717) is 23.5 Å². The molecule has 10 heteroatoms. The van der Waals surface area contributed by atoms with Crippen molar-refractivity contribution in [3.63, 3.8) is 0 Å². The third-order valence-corrected chi connectivity index (χ3v) is 6.06. The Bertz CT molecular complexity index is 1420. The van der Waals surface area contributed by atoms with Gasteiger partial charge in [0, 0.05) is 40.1 Å². The molecule has 0 spiro atoms. The maximum Gasteiger partial charge on any atom is 0.419 e. The van der Waals surface area contributed by atoms with Crippen molar-refractivity contribution in [2.24, 2.45) is 5.73 Å². The number of esters is 1. The normalized spacial score (nSPS) is 10.4. The number of aromatic amines is 1. The number of nitrogens with one attached hydrogen (secondary N) is 3. The summed E-state index contributed by atoms with van der Waals surface area (Å²) < 4.78 is 10.4. The van der Waals surface area contributed by atoms with Crippen LogP contribution in [0.1, 0.15) is 23.2 Å². The molecule has 0 unspecified atom stereocenters. The number of ether oxygens (including phenoxy) is 2. The summed E-state index contributed by atoms with van der Waals surface area (Å²) in [5, 5.41) is 11.8. The standard InChI is InChI=1S/C28H29N5O4.HI/c1-18-23-16-22(37-28(35)33(15-14-26(34)36-2)21-6-4-3-5-7-21)12-13-24(23)32-25(18)17-31-20-10-8-19(9-11-20)27(29)30;/h3-13,16,31-32H,14-15,17H2,1-2H3,(H3,29,30);1H. The third kappa shape index (κ3) is 6.82. The van der Waals surface area contributed by atoms with E-state index in [0.717, 1.165) is 27.8 Å².